The maximum atomic E-state index is 10.4. The normalized spacial score (nSPS) is 25.8. The van der Waals surface area contributed by atoms with Gasteiger partial charge in [0, 0.05) is 36.7 Å². The van der Waals surface area contributed by atoms with E-state index in [4.69, 9.17) is 0 Å². The van der Waals surface area contributed by atoms with Crippen LogP contribution >= 0.6 is 0 Å². The highest BCUT2D eigenvalue weighted by Gasteiger charge is 2.35. The number of aromatic nitrogens is 5. The second-order valence-corrected chi connectivity index (χ2v) is 7.24. The van der Waals surface area contributed by atoms with E-state index in [0.717, 1.165) is 43.8 Å². The van der Waals surface area contributed by atoms with Gasteiger partial charge in [0.2, 0.25) is 5.95 Å². The van der Waals surface area contributed by atoms with E-state index in [0.29, 0.717) is 12.5 Å². The molecule has 2 aromatic heterocycles. The summed E-state index contributed by atoms with van der Waals surface area (Å²) in [7, 11) is 0. The van der Waals surface area contributed by atoms with Crippen LogP contribution < -0.4 is 5.32 Å². The number of hydrogen-bond acceptors (Lipinski definition) is 6. The fourth-order valence-electron chi connectivity index (χ4n) is 3.97. The van der Waals surface area contributed by atoms with E-state index < -0.39 is 0 Å². The topological polar surface area (TPSA) is 99.6 Å². The van der Waals surface area contributed by atoms with Crippen LogP contribution in [-0.2, 0) is 19.3 Å². The van der Waals surface area contributed by atoms with Gasteiger partial charge >= 0.3 is 0 Å². The highest BCUT2D eigenvalue weighted by atomic mass is 16.3. The summed E-state index contributed by atoms with van der Waals surface area (Å²) >= 11 is 0. The number of aliphatic hydroxyl groups excluding tert-OH is 1. The minimum Gasteiger partial charge on any atom is -0.393 e. The van der Waals surface area contributed by atoms with Crippen molar-refractivity contribution in [2.24, 2.45) is 5.92 Å². The summed E-state index contributed by atoms with van der Waals surface area (Å²) < 4.78 is 0. The predicted molar refractivity (Wildman–Crippen MR) is 94.4 cm³/mol. The minimum atomic E-state index is -0.335. The number of anilines is 1. The number of H-pyrrole nitrogens is 1. The summed E-state index contributed by atoms with van der Waals surface area (Å²) in [4.78, 5) is 13.6. The molecule has 3 N–H and O–H groups in total. The average Bonchev–Trinajstić information content (AvgIpc) is 3.26. The summed E-state index contributed by atoms with van der Waals surface area (Å²) in [5.74, 6) is 2.83. The lowest BCUT2D eigenvalue weighted by Crippen LogP contribution is -2.23. The van der Waals surface area contributed by atoms with E-state index in [2.05, 4.69) is 37.4 Å². The Balaban J connectivity index is 1.36. The maximum Gasteiger partial charge on any atom is 0.222 e. The molecule has 0 saturated heterocycles. The van der Waals surface area contributed by atoms with Crippen molar-refractivity contribution in [2.75, 3.05) is 11.9 Å². The Labute approximate surface area is 147 Å². The van der Waals surface area contributed by atoms with Gasteiger partial charge in [0.15, 0.2) is 5.82 Å². The van der Waals surface area contributed by atoms with Crippen molar-refractivity contribution >= 4 is 5.95 Å². The Kier molecular flexibility index (Phi) is 4.65. The van der Waals surface area contributed by atoms with Crippen LogP contribution in [0.3, 0.4) is 0 Å². The first-order valence-corrected chi connectivity index (χ1v) is 9.40. The van der Waals surface area contributed by atoms with Crippen molar-refractivity contribution in [3.8, 4) is 0 Å². The molecule has 1 fully saturated rings. The Bertz CT molecular complexity index is 730. The molecule has 7 nitrogen and oxygen atoms in total. The van der Waals surface area contributed by atoms with Crippen LogP contribution in [0.25, 0.3) is 0 Å². The zero-order chi connectivity index (χ0) is 17.2. The molecule has 2 heterocycles. The Morgan fingerprint density at radius 1 is 1.24 bits per heavy atom. The predicted octanol–water partition coefficient (Wildman–Crippen LogP) is 2.00. The number of rotatable bonds is 5. The number of aliphatic hydroxyl groups is 1. The fourth-order valence-corrected chi connectivity index (χ4v) is 3.97. The molecule has 0 unspecified atom stereocenters. The molecular weight excluding hydrogens is 316 g/mol. The highest BCUT2D eigenvalue weighted by molar-refractivity contribution is 5.31. The molecule has 2 aliphatic carbocycles. The third kappa shape index (κ3) is 3.51. The summed E-state index contributed by atoms with van der Waals surface area (Å²) in [6.07, 6.45) is 8.67. The average molecular weight is 342 g/mol. The lowest BCUT2D eigenvalue weighted by Gasteiger charge is -2.17. The third-order valence-corrected chi connectivity index (χ3v) is 5.49. The van der Waals surface area contributed by atoms with Crippen molar-refractivity contribution in [2.45, 2.75) is 63.9 Å². The fraction of sp³-hybridized carbons (Fsp3) is 0.667. The quantitative estimate of drug-likeness (QED) is 0.768. The molecule has 0 aliphatic heterocycles. The van der Waals surface area contributed by atoms with E-state index in [1.165, 1.54) is 24.1 Å². The number of aryl methyl sites for hydroxylation is 3. The monoisotopic (exact) mass is 342 g/mol. The zero-order valence-electron chi connectivity index (χ0n) is 14.7. The molecular formula is C18H26N6O. The van der Waals surface area contributed by atoms with Gasteiger partial charge in [-0.1, -0.05) is 6.92 Å². The first kappa shape index (κ1) is 16.4. The van der Waals surface area contributed by atoms with Crippen LogP contribution in [0.4, 0.5) is 5.95 Å². The van der Waals surface area contributed by atoms with Gasteiger partial charge in [-0.2, -0.15) is 5.10 Å². The standard InChI is InChI=1S/C18H26N6O/c1-2-16-22-17(24-23-16)12-7-13(15(25)8-12)10-20-18-19-9-11-5-3-4-6-14(11)21-18/h9,12-13,15,25H,2-8,10H2,1H3,(H,19,20,21)(H,22,23,24)/t12-,13+,15+/m0/s1. The van der Waals surface area contributed by atoms with Gasteiger partial charge in [0.1, 0.15) is 5.82 Å². The van der Waals surface area contributed by atoms with Gasteiger partial charge in [-0.15, -0.1) is 0 Å². The molecule has 0 aromatic carbocycles. The number of aromatic amines is 1. The van der Waals surface area contributed by atoms with E-state index >= 15 is 0 Å². The number of nitrogens with zero attached hydrogens (tertiary/aromatic N) is 4. The summed E-state index contributed by atoms with van der Waals surface area (Å²) in [6, 6.07) is 0. The van der Waals surface area contributed by atoms with Crippen molar-refractivity contribution in [1.29, 1.82) is 0 Å². The minimum absolute atomic E-state index is 0.174. The smallest absolute Gasteiger partial charge is 0.222 e. The van der Waals surface area contributed by atoms with Crippen LogP contribution in [0.2, 0.25) is 0 Å². The van der Waals surface area contributed by atoms with Gasteiger partial charge in [0.25, 0.3) is 0 Å². The second-order valence-electron chi connectivity index (χ2n) is 7.24. The first-order chi connectivity index (χ1) is 12.2. The van der Waals surface area contributed by atoms with Crippen molar-refractivity contribution < 1.29 is 5.11 Å². The van der Waals surface area contributed by atoms with Crippen LogP contribution in [0.5, 0.6) is 0 Å². The molecule has 0 amide bonds. The molecule has 4 rings (SSSR count). The molecule has 7 heteroatoms. The van der Waals surface area contributed by atoms with E-state index in [-0.39, 0.29) is 17.9 Å². The molecule has 0 spiro atoms. The number of hydrogen-bond donors (Lipinski definition) is 3. The summed E-state index contributed by atoms with van der Waals surface area (Å²) in [6.45, 7) is 2.74. The van der Waals surface area contributed by atoms with Crippen LogP contribution in [0.15, 0.2) is 6.20 Å². The van der Waals surface area contributed by atoms with Gasteiger partial charge < -0.3 is 10.4 Å². The van der Waals surface area contributed by atoms with Gasteiger partial charge in [-0.05, 0) is 44.1 Å². The van der Waals surface area contributed by atoms with E-state index in [9.17, 15) is 5.11 Å². The molecule has 0 radical (unpaired) electrons. The highest BCUT2D eigenvalue weighted by Crippen LogP contribution is 2.37. The van der Waals surface area contributed by atoms with Crippen LogP contribution in [-0.4, -0.2) is 42.9 Å². The third-order valence-electron chi connectivity index (χ3n) is 5.49. The molecule has 134 valence electrons. The molecule has 0 bridgehead atoms. The van der Waals surface area contributed by atoms with Crippen LogP contribution in [0, 0.1) is 5.92 Å². The molecule has 25 heavy (non-hydrogen) atoms. The molecule has 2 aliphatic rings. The largest absolute Gasteiger partial charge is 0.393 e. The van der Waals surface area contributed by atoms with Gasteiger partial charge in [0.05, 0.1) is 6.10 Å². The Morgan fingerprint density at radius 3 is 2.96 bits per heavy atom. The number of nitrogens with one attached hydrogen (secondary N) is 2. The zero-order valence-corrected chi connectivity index (χ0v) is 14.7. The van der Waals surface area contributed by atoms with Gasteiger partial charge in [-0.25, -0.2) is 15.0 Å². The number of fused-ring (bicyclic) bond motifs is 1. The van der Waals surface area contributed by atoms with E-state index in [1.54, 1.807) is 0 Å². The first-order valence-electron chi connectivity index (χ1n) is 9.40. The molecule has 1 saturated carbocycles. The lowest BCUT2D eigenvalue weighted by molar-refractivity contribution is 0.137. The van der Waals surface area contributed by atoms with Crippen molar-refractivity contribution in [3.63, 3.8) is 0 Å². The molecule has 2 aromatic rings. The maximum absolute atomic E-state index is 10.4. The van der Waals surface area contributed by atoms with Crippen LogP contribution in [0.1, 0.15) is 61.4 Å². The second kappa shape index (κ2) is 7.07. The summed E-state index contributed by atoms with van der Waals surface area (Å²) in [5, 5.41) is 21.0. The Morgan fingerprint density at radius 2 is 2.12 bits per heavy atom. The Hall–Kier alpha value is -2.02. The van der Waals surface area contributed by atoms with Crippen molar-refractivity contribution in [1.82, 2.24) is 25.1 Å². The van der Waals surface area contributed by atoms with Crippen molar-refractivity contribution in [3.05, 3.63) is 29.1 Å². The summed E-state index contributed by atoms with van der Waals surface area (Å²) in [5.41, 5.74) is 2.47. The van der Waals surface area contributed by atoms with E-state index in [1.807, 2.05) is 6.20 Å². The van der Waals surface area contributed by atoms with Gasteiger partial charge in [-0.3, -0.25) is 5.10 Å². The molecule has 3 atom stereocenters. The lowest BCUT2D eigenvalue weighted by atomic mass is 9.98. The SMILES string of the molecule is CCc1nc([C@H]2C[C@H](CNc3ncc4c(n3)CCCC4)[C@H](O)C2)n[nH]1.